The molecule has 1 fully saturated rings. The van der Waals surface area contributed by atoms with Gasteiger partial charge in [-0.3, -0.25) is 0 Å². The van der Waals surface area contributed by atoms with E-state index in [1.807, 2.05) is 7.05 Å². The van der Waals surface area contributed by atoms with Crippen LogP contribution in [0.5, 0.6) is 0 Å². The Hall–Kier alpha value is -0.640. The van der Waals surface area contributed by atoms with Crippen LogP contribution < -0.4 is 5.32 Å². The van der Waals surface area contributed by atoms with E-state index in [2.05, 4.69) is 5.32 Å². The largest absolute Gasteiger partial charge is 0.378 e. The Morgan fingerprint density at radius 2 is 2.21 bits per heavy atom. The van der Waals surface area contributed by atoms with Crippen LogP contribution in [0, 0.1) is 5.82 Å². The zero-order valence-electron chi connectivity index (χ0n) is 11.5. The SMILES string of the molecule is CNC(Cc1ccc(Cl)cc1F)CC1(OC)CCC1. The molecule has 1 saturated carbocycles. The molecule has 19 heavy (non-hydrogen) atoms. The van der Waals surface area contributed by atoms with Crippen molar-refractivity contribution in [1.82, 2.24) is 5.32 Å². The van der Waals surface area contributed by atoms with Gasteiger partial charge in [0.05, 0.1) is 5.60 Å². The van der Waals surface area contributed by atoms with Gasteiger partial charge in [0.1, 0.15) is 5.82 Å². The van der Waals surface area contributed by atoms with Gasteiger partial charge in [-0.05, 0) is 56.8 Å². The Labute approximate surface area is 119 Å². The van der Waals surface area contributed by atoms with Gasteiger partial charge in [-0.15, -0.1) is 0 Å². The number of ether oxygens (including phenoxy) is 1. The Morgan fingerprint density at radius 1 is 1.47 bits per heavy atom. The molecule has 0 amide bonds. The third-order valence-corrected chi connectivity index (χ3v) is 4.44. The van der Waals surface area contributed by atoms with Crippen LogP contribution in [0.2, 0.25) is 5.02 Å². The maximum Gasteiger partial charge on any atom is 0.127 e. The van der Waals surface area contributed by atoms with Gasteiger partial charge in [0.2, 0.25) is 0 Å². The molecule has 2 nitrogen and oxygen atoms in total. The van der Waals surface area contributed by atoms with Crippen LogP contribution in [0.4, 0.5) is 4.39 Å². The molecular weight excluding hydrogens is 265 g/mol. The number of benzene rings is 1. The molecule has 0 radical (unpaired) electrons. The number of nitrogens with one attached hydrogen (secondary N) is 1. The molecule has 1 N–H and O–H groups in total. The molecule has 0 spiro atoms. The number of hydrogen-bond acceptors (Lipinski definition) is 2. The fraction of sp³-hybridized carbons (Fsp3) is 0.600. The summed E-state index contributed by atoms with van der Waals surface area (Å²) in [5.41, 5.74) is 0.700. The van der Waals surface area contributed by atoms with E-state index in [0.29, 0.717) is 17.0 Å². The first-order valence-electron chi connectivity index (χ1n) is 6.75. The maximum absolute atomic E-state index is 13.8. The third-order valence-electron chi connectivity index (χ3n) is 4.21. The third kappa shape index (κ3) is 3.47. The van der Waals surface area contributed by atoms with Crippen molar-refractivity contribution < 1.29 is 9.13 Å². The lowest BCUT2D eigenvalue weighted by atomic mass is 9.75. The molecule has 1 aromatic carbocycles. The molecule has 1 atom stereocenters. The molecule has 0 heterocycles. The topological polar surface area (TPSA) is 21.3 Å². The van der Waals surface area contributed by atoms with Crippen molar-refractivity contribution in [2.24, 2.45) is 0 Å². The monoisotopic (exact) mass is 285 g/mol. The average molecular weight is 286 g/mol. The lowest BCUT2D eigenvalue weighted by Gasteiger charge is -2.42. The summed E-state index contributed by atoms with van der Waals surface area (Å²) in [5, 5.41) is 3.71. The van der Waals surface area contributed by atoms with Crippen molar-refractivity contribution >= 4 is 11.6 Å². The number of hydrogen-bond donors (Lipinski definition) is 1. The summed E-state index contributed by atoms with van der Waals surface area (Å²) in [5.74, 6) is -0.229. The van der Waals surface area contributed by atoms with Crippen LogP contribution in [-0.4, -0.2) is 25.8 Å². The molecule has 1 aliphatic carbocycles. The highest BCUT2D eigenvalue weighted by molar-refractivity contribution is 6.30. The fourth-order valence-corrected chi connectivity index (χ4v) is 2.90. The van der Waals surface area contributed by atoms with Gasteiger partial charge in [0.15, 0.2) is 0 Å². The minimum atomic E-state index is -0.229. The molecule has 1 unspecified atom stereocenters. The second-order valence-electron chi connectivity index (χ2n) is 5.37. The predicted molar refractivity (Wildman–Crippen MR) is 76.2 cm³/mol. The number of methoxy groups -OCH3 is 1. The Bertz CT molecular complexity index is 429. The molecule has 2 rings (SSSR count). The summed E-state index contributed by atoms with van der Waals surface area (Å²) in [7, 11) is 3.69. The van der Waals surface area contributed by atoms with Crippen LogP contribution >= 0.6 is 11.6 Å². The van der Waals surface area contributed by atoms with E-state index >= 15 is 0 Å². The Kier molecular flexibility index (Phi) is 4.82. The first kappa shape index (κ1) is 14.8. The standard InChI is InChI=1S/C15H21ClFNO/c1-18-13(10-15(19-2)6-3-7-15)8-11-4-5-12(16)9-14(11)17/h4-5,9,13,18H,3,6-8,10H2,1-2H3. The molecule has 0 saturated heterocycles. The van der Waals surface area contributed by atoms with Gasteiger partial charge in [-0.1, -0.05) is 17.7 Å². The van der Waals surface area contributed by atoms with Crippen molar-refractivity contribution in [2.45, 2.75) is 43.7 Å². The summed E-state index contributed by atoms with van der Waals surface area (Å²) in [6.45, 7) is 0. The summed E-state index contributed by atoms with van der Waals surface area (Å²) >= 11 is 5.77. The molecule has 4 heteroatoms. The number of halogens is 2. The summed E-state index contributed by atoms with van der Waals surface area (Å²) in [6, 6.07) is 5.10. The van der Waals surface area contributed by atoms with Gasteiger partial charge in [-0.25, -0.2) is 4.39 Å². The summed E-state index contributed by atoms with van der Waals surface area (Å²) in [6.07, 6.45) is 5.00. The zero-order chi connectivity index (χ0) is 13.9. The zero-order valence-corrected chi connectivity index (χ0v) is 12.3. The highest BCUT2D eigenvalue weighted by Gasteiger charge is 2.38. The van der Waals surface area contributed by atoms with E-state index in [1.54, 1.807) is 19.2 Å². The van der Waals surface area contributed by atoms with Crippen LogP contribution in [0.1, 0.15) is 31.2 Å². The van der Waals surface area contributed by atoms with E-state index in [1.165, 1.54) is 12.5 Å². The van der Waals surface area contributed by atoms with E-state index < -0.39 is 0 Å². The number of likely N-dealkylation sites (N-methyl/N-ethyl adjacent to an activating group) is 1. The van der Waals surface area contributed by atoms with E-state index in [-0.39, 0.29) is 17.5 Å². The van der Waals surface area contributed by atoms with Crippen molar-refractivity contribution in [3.8, 4) is 0 Å². The van der Waals surface area contributed by atoms with Crippen molar-refractivity contribution in [1.29, 1.82) is 0 Å². The normalized spacial score (nSPS) is 18.9. The highest BCUT2D eigenvalue weighted by atomic mass is 35.5. The summed E-state index contributed by atoms with van der Waals surface area (Å²) in [4.78, 5) is 0. The van der Waals surface area contributed by atoms with Crippen LogP contribution in [-0.2, 0) is 11.2 Å². The first-order chi connectivity index (χ1) is 9.08. The predicted octanol–water partition coefficient (Wildman–Crippen LogP) is 3.57. The molecule has 0 aliphatic heterocycles. The van der Waals surface area contributed by atoms with E-state index in [0.717, 1.165) is 19.3 Å². The van der Waals surface area contributed by atoms with E-state index in [9.17, 15) is 4.39 Å². The summed E-state index contributed by atoms with van der Waals surface area (Å²) < 4.78 is 19.5. The quantitative estimate of drug-likeness (QED) is 0.863. The molecule has 1 aromatic rings. The fourth-order valence-electron chi connectivity index (χ4n) is 2.74. The average Bonchev–Trinajstić information content (AvgIpc) is 2.35. The smallest absolute Gasteiger partial charge is 0.127 e. The minimum Gasteiger partial charge on any atom is -0.378 e. The lowest BCUT2D eigenvalue weighted by molar-refractivity contribution is -0.0830. The van der Waals surface area contributed by atoms with Gasteiger partial charge < -0.3 is 10.1 Å². The van der Waals surface area contributed by atoms with Crippen molar-refractivity contribution in [2.75, 3.05) is 14.2 Å². The minimum absolute atomic E-state index is 0.00339. The van der Waals surface area contributed by atoms with Crippen molar-refractivity contribution in [3.63, 3.8) is 0 Å². The Balaban J connectivity index is 2.02. The first-order valence-corrected chi connectivity index (χ1v) is 7.13. The highest BCUT2D eigenvalue weighted by Crippen LogP contribution is 2.39. The molecule has 1 aliphatic rings. The van der Waals surface area contributed by atoms with Gasteiger partial charge in [0.25, 0.3) is 0 Å². The van der Waals surface area contributed by atoms with Gasteiger partial charge in [-0.2, -0.15) is 0 Å². The molecule has 0 aromatic heterocycles. The van der Waals surface area contributed by atoms with Gasteiger partial charge >= 0.3 is 0 Å². The van der Waals surface area contributed by atoms with E-state index in [4.69, 9.17) is 16.3 Å². The van der Waals surface area contributed by atoms with Gasteiger partial charge in [0, 0.05) is 18.2 Å². The molecular formula is C15H21ClFNO. The molecule has 106 valence electrons. The van der Waals surface area contributed by atoms with Crippen LogP contribution in [0.25, 0.3) is 0 Å². The molecule has 0 bridgehead atoms. The van der Waals surface area contributed by atoms with Crippen LogP contribution in [0.15, 0.2) is 18.2 Å². The Morgan fingerprint density at radius 3 is 2.68 bits per heavy atom. The van der Waals surface area contributed by atoms with Crippen LogP contribution in [0.3, 0.4) is 0 Å². The number of rotatable bonds is 6. The lowest BCUT2D eigenvalue weighted by Crippen LogP contribution is -2.45. The second kappa shape index (κ2) is 6.21. The maximum atomic E-state index is 13.8. The van der Waals surface area contributed by atoms with Crippen molar-refractivity contribution in [3.05, 3.63) is 34.6 Å². The second-order valence-corrected chi connectivity index (χ2v) is 5.81.